The van der Waals surface area contributed by atoms with Crippen molar-refractivity contribution in [3.05, 3.63) is 24.6 Å². The number of allylic oxidation sites excluding steroid dienone is 2. The first-order chi connectivity index (χ1) is 3.77. The zero-order valence-corrected chi connectivity index (χ0v) is 5.33. The summed E-state index contributed by atoms with van der Waals surface area (Å²) in [6, 6.07) is 0. The summed E-state index contributed by atoms with van der Waals surface area (Å²) in [5.41, 5.74) is 5.06. The second-order valence-electron chi connectivity index (χ2n) is 1.69. The quantitative estimate of drug-likeness (QED) is 0.528. The Labute approximate surface area is 50.3 Å². The van der Waals surface area contributed by atoms with E-state index in [4.69, 9.17) is 5.73 Å². The van der Waals surface area contributed by atoms with Gasteiger partial charge in [-0.1, -0.05) is 0 Å². The summed E-state index contributed by atoms with van der Waals surface area (Å²) < 4.78 is 0. The third kappa shape index (κ3) is 5.08. The van der Waals surface area contributed by atoms with Crippen molar-refractivity contribution in [1.82, 2.24) is 4.90 Å². The minimum Gasteiger partial charge on any atom is -0.405 e. The molecule has 0 unspecified atom stereocenters. The molecule has 0 bridgehead atoms. The van der Waals surface area contributed by atoms with E-state index in [1.807, 2.05) is 31.3 Å². The molecule has 0 amide bonds. The van der Waals surface area contributed by atoms with Crippen molar-refractivity contribution < 1.29 is 0 Å². The fourth-order valence-corrected chi connectivity index (χ4v) is 0.286. The van der Waals surface area contributed by atoms with E-state index in [-0.39, 0.29) is 0 Å². The first-order valence-electron chi connectivity index (χ1n) is 2.49. The second-order valence-corrected chi connectivity index (χ2v) is 1.69. The molecule has 0 aromatic rings. The van der Waals surface area contributed by atoms with Crippen LogP contribution in [0.5, 0.6) is 0 Å². The van der Waals surface area contributed by atoms with Gasteiger partial charge in [-0.2, -0.15) is 0 Å². The fourth-order valence-electron chi connectivity index (χ4n) is 0.286. The lowest BCUT2D eigenvalue weighted by Gasteiger charge is -2.00. The van der Waals surface area contributed by atoms with Gasteiger partial charge in [-0.25, -0.2) is 0 Å². The smallest absolute Gasteiger partial charge is 0.00556 e. The lowest BCUT2D eigenvalue weighted by Crippen LogP contribution is -1.99. The van der Waals surface area contributed by atoms with Gasteiger partial charge in [0, 0.05) is 14.1 Å². The van der Waals surface area contributed by atoms with Crippen molar-refractivity contribution >= 4 is 0 Å². The van der Waals surface area contributed by atoms with Crippen LogP contribution in [0.2, 0.25) is 0 Å². The van der Waals surface area contributed by atoms with Gasteiger partial charge in [0.05, 0.1) is 0 Å². The topological polar surface area (TPSA) is 29.3 Å². The van der Waals surface area contributed by atoms with Crippen molar-refractivity contribution in [2.75, 3.05) is 14.1 Å². The molecular formula is C6H12N2. The van der Waals surface area contributed by atoms with Crippen LogP contribution in [0.15, 0.2) is 24.6 Å². The third-order valence-electron chi connectivity index (χ3n) is 0.606. The van der Waals surface area contributed by atoms with Gasteiger partial charge in [0.2, 0.25) is 0 Å². The predicted molar refractivity (Wildman–Crippen MR) is 36.2 cm³/mol. The number of hydrogen-bond acceptors (Lipinski definition) is 2. The third-order valence-corrected chi connectivity index (χ3v) is 0.606. The zero-order valence-electron chi connectivity index (χ0n) is 5.33. The molecule has 0 rings (SSSR count). The van der Waals surface area contributed by atoms with Gasteiger partial charge in [-0.3, -0.25) is 0 Å². The van der Waals surface area contributed by atoms with E-state index in [2.05, 4.69) is 0 Å². The second kappa shape index (κ2) is 4.24. The van der Waals surface area contributed by atoms with Crippen LogP contribution in [0.3, 0.4) is 0 Å². The number of hydrogen-bond donors (Lipinski definition) is 1. The average Bonchev–Trinajstić information content (AvgIpc) is 1.66. The summed E-state index contributed by atoms with van der Waals surface area (Å²) in [7, 11) is 3.92. The minimum atomic E-state index is 1.50. The van der Waals surface area contributed by atoms with Crippen LogP contribution in [0.25, 0.3) is 0 Å². The molecule has 8 heavy (non-hydrogen) atoms. The van der Waals surface area contributed by atoms with Crippen LogP contribution in [0.4, 0.5) is 0 Å². The summed E-state index contributed by atoms with van der Waals surface area (Å²) >= 11 is 0. The number of nitrogens with zero attached hydrogens (tertiary/aromatic N) is 1. The average molecular weight is 112 g/mol. The molecule has 0 heterocycles. The van der Waals surface area contributed by atoms with Gasteiger partial charge in [-0.05, 0) is 24.6 Å². The molecule has 2 heteroatoms. The van der Waals surface area contributed by atoms with Gasteiger partial charge >= 0.3 is 0 Å². The Hall–Kier alpha value is -0.920. The summed E-state index contributed by atoms with van der Waals surface area (Å²) in [6.45, 7) is 0. The molecule has 0 fully saturated rings. The lowest BCUT2D eigenvalue weighted by atomic mass is 10.5. The summed E-state index contributed by atoms with van der Waals surface area (Å²) in [4.78, 5) is 1.94. The molecule has 0 aromatic carbocycles. The molecule has 2 N–H and O–H groups in total. The highest BCUT2D eigenvalue weighted by molar-refractivity contribution is 4.99. The van der Waals surface area contributed by atoms with Crippen LogP contribution in [-0.4, -0.2) is 19.0 Å². The SMILES string of the molecule is CN(C)/C=C\C=C\N. The molecule has 2 nitrogen and oxygen atoms in total. The largest absolute Gasteiger partial charge is 0.405 e. The molecule has 0 saturated heterocycles. The first-order valence-corrected chi connectivity index (χ1v) is 2.49. The van der Waals surface area contributed by atoms with Crippen LogP contribution in [0.1, 0.15) is 0 Å². The van der Waals surface area contributed by atoms with Crippen molar-refractivity contribution in [2.24, 2.45) is 5.73 Å². The monoisotopic (exact) mass is 112 g/mol. The van der Waals surface area contributed by atoms with Crippen LogP contribution in [-0.2, 0) is 0 Å². The molecule has 0 aliphatic carbocycles. The fraction of sp³-hybridized carbons (Fsp3) is 0.333. The highest BCUT2D eigenvalue weighted by Crippen LogP contribution is 1.76. The minimum absolute atomic E-state index is 1.50. The Bertz CT molecular complexity index is 92.7. The van der Waals surface area contributed by atoms with Crippen molar-refractivity contribution in [3.8, 4) is 0 Å². The van der Waals surface area contributed by atoms with Gasteiger partial charge in [0.15, 0.2) is 0 Å². The summed E-state index contributed by atoms with van der Waals surface area (Å²) in [5.74, 6) is 0. The van der Waals surface area contributed by atoms with Gasteiger partial charge < -0.3 is 10.6 Å². The first kappa shape index (κ1) is 7.08. The zero-order chi connectivity index (χ0) is 6.41. The van der Waals surface area contributed by atoms with Crippen molar-refractivity contribution in [1.29, 1.82) is 0 Å². The predicted octanol–water partition coefficient (Wildman–Crippen LogP) is 0.534. The van der Waals surface area contributed by atoms with E-state index in [1.54, 1.807) is 6.08 Å². The van der Waals surface area contributed by atoms with E-state index in [0.717, 1.165) is 0 Å². The highest BCUT2D eigenvalue weighted by atomic mass is 15.0. The molecule has 46 valence electrons. The molecule has 0 radical (unpaired) electrons. The van der Waals surface area contributed by atoms with Gasteiger partial charge in [-0.15, -0.1) is 0 Å². The lowest BCUT2D eigenvalue weighted by molar-refractivity contribution is 0.564. The molecule has 0 saturated carbocycles. The maximum atomic E-state index is 5.06. The summed E-state index contributed by atoms with van der Waals surface area (Å²) in [5, 5.41) is 0. The normalized spacial score (nSPS) is 11.2. The molecule has 0 atom stereocenters. The Balaban J connectivity index is 3.34. The van der Waals surface area contributed by atoms with E-state index in [9.17, 15) is 0 Å². The van der Waals surface area contributed by atoms with E-state index < -0.39 is 0 Å². The highest BCUT2D eigenvalue weighted by Gasteiger charge is 1.68. The van der Waals surface area contributed by atoms with Gasteiger partial charge in [0.1, 0.15) is 0 Å². The standard InChI is InChI=1S/C6H12N2/c1-8(2)6-4-3-5-7/h3-6H,7H2,1-2H3/b5-3+,6-4-. The Kier molecular flexibility index (Phi) is 3.76. The van der Waals surface area contributed by atoms with Gasteiger partial charge in [0.25, 0.3) is 0 Å². The van der Waals surface area contributed by atoms with Crippen molar-refractivity contribution in [3.63, 3.8) is 0 Å². The molecular weight excluding hydrogens is 100 g/mol. The van der Waals surface area contributed by atoms with E-state index >= 15 is 0 Å². The van der Waals surface area contributed by atoms with Crippen LogP contribution < -0.4 is 5.73 Å². The van der Waals surface area contributed by atoms with E-state index in [1.165, 1.54) is 6.20 Å². The maximum absolute atomic E-state index is 5.06. The number of nitrogens with two attached hydrogens (primary N) is 1. The van der Waals surface area contributed by atoms with Crippen LogP contribution >= 0.6 is 0 Å². The number of rotatable bonds is 2. The van der Waals surface area contributed by atoms with Crippen molar-refractivity contribution in [2.45, 2.75) is 0 Å². The summed E-state index contributed by atoms with van der Waals surface area (Å²) in [6.07, 6.45) is 7.07. The molecule has 0 aliphatic rings. The Morgan fingerprint density at radius 3 is 2.25 bits per heavy atom. The molecule has 0 aromatic heterocycles. The Morgan fingerprint density at radius 2 is 1.88 bits per heavy atom. The molecule has 0 aliphatic heterocycles. The molecule has 0 spiro atoms. The maximum Gasteiger partial charge on any atom is 0.00556 e. The van der Waals surface area contributed by atoms with Crippen LogP contribution in [0, 0.1) is 0 Å². The van der Waals surface area contributed by atoms with E-state index in [0.29, 0.717) is 0 Å². The Morgan fingerprint density at radius 1 is 1.25 bits per heavy atom.